The van der Waals surface area contributed by atoms with Gasteiger partial charge in [-0.2, -0.15) is 26.3 Å². The molecule has 0 spiro atoms. The average molecular weight is 354 g/mol. The van der Waals surface area contributed by atoms with Crippen LogP contribution in [-0.2, 0) is 17.5 Å². The van der Waals surface area contributed by atoms with Crippen molar-refractivity contribution in [2.75, 3.05) is 13.1 Å². The van der Waals surface area contributed by atoms with Gasteiger partial charge < -0.3 is 10.2 Å². The predicted molar refractivity (Wildman–Crippen MR) is 73.9 cm³/mol. The first-order valence-electron chi connectivity index (χ1n) is 7.33. The second-order valence-electron chi connectivity index (χ2n) is 5.61. The van der Waals surface area contributed by atoms with Crippen molar-refractivity contribution in [3.8, 4) is 0 Å². The molecule has 0 unspecified atom stereocenters. The molecule has 24 heavy (non-hydrogen) atoms. The number of hydrogen-bond donors (Lipinski definition) is 1. The van der Waals surface area contributed by atoms with Gasteiger partial charge in [-0.05, 0) is 43.6 Å². The molecule has 2 rings (SSSR count). The van der Waals surface area contributed by atoms with Gasteiger partial charge in [0.1, 0.15) is 0 Å². The van der Waals surface area contributed by atoms with Gasteiger partial charge >= 0.3 is 18.3 Å². The number of carbonyl (C=O) groups excluding carboxylic acids is 1. The van der Waals surface area contributed by atoms with Crippen LogP contribution in [-0.4, -0.2) is 36.1 Å². The normalized spacial score (nSPS) is 16.9. The minimum absolute atomic E-state index is 0.0148. The molecule has 1 fully saturated rings. The van der Waals surface area contributed by atoms with Crippen molar-refractivity contribution in [1.82, 2.24) is 10.2 Å². The third-order valence-corrected chi connectivity index (χ3v) is 3.86. The van der Waals surface area contributed by atoms with E-state index in [0.29, 0.717) is 30.8 Å². The molecule has 1 saturated heterocycles. The third-order valence-electron chi connectivity index (χ3n) is 3.86. The van der Waals surface area contributed by atoms with Gasteiger partial charge in [0.15, 0.2) is 0 Å². The summed E-state index contributed by atoms with van der Waals surface area (Å²) >= 11 is 0. The van der Waals surface area contributed by atoms with Crippen molar-refractivity contribution >= 4 is 5.91 Å². The fourth-order valence-electron chi connectivity index (χ4n) is 2.69. The highest BCUT2D eigenvalue weighted by atomic mass is 19.4. The lowest BCUT2D eigenvalue weighted by Crippen LogP contribution is -2.50. The number of amides is 1. The van der Waals surface area contributed by atoms with Crippen molar-refractivity contribution in [2.45, 2.75) is 37.8 Å². The number of benzene rings is 1. The highest BCUT2D eigenvalue weighted by Crippen LogP contribution is 2.31. The fraction of sp³-hybridized carbons (Fsp3) is 0.533. The molecular weight excluding hydrogens is 338 g/mol. The maximum absolute atomic E-state index is 12.8. The van der Waals surface area contributed by atoms with Crippen LogP contribution in [0.25, 0.3) is 0 Å². The lowest BCUT2D eigenvalue weighted by atomic mass is 10.0. The summed E-state index contributed by atoms with van der Waals surface area (Å²) in [5.41, 5.74) is -0.939. The Bertz CT molecular complexity index is 578. The van der Waals surface area contributed by atoms with Crippen molar-refractivity contribution < 1.29 is 31.1 Å². The zero-order valence-electron chi connectivity index (χ0n) is 12.5. The van der Waals surface area contributed by atoms with Gasteiger partial charge in [-0.1, -0.05) is 12.1 Å². The maximum atomic E-state index is 12.8. The number of nitrogens with one attached hydrogen (secondary N) is 1. The number of piperidine rings is 1. The quantitative estimate of drug-likeness (QED) is 0.845. The monoisotopic (exact) mass is 354 g/mol. The van der Waals surface area contributed by atoms with Gasteiger partial charge in [0.2, 0.25) is 0 Å². The van der Waals surface area contributed by atoms with Crippen LogP contribution in [0.1, 0.15) is 24.0 Å². The lowest BCUT2D eigenvalue weighted by Gasteiger charge is -2.35. The van der Waals surface area contributed by atoms with Gasteiger partial charge in [-0.3, -0.25) is 4.79 Å². The van der Waals surface area contributed by atoms with E-state index in [0.717, 1.165) is 18.2 Å². The molecule has 9 heteroatoms. The molecule has 1 N–H and O–H groups in total. The van der Waals surface area contributed by atoms with Gasteiger partial charge in [-0.15, -0.1) is 0 Å². The van der Waals surface area contributed by atoms with Crippen molar-refractivity contribution in [3.05, 3.63) is 35.4 Å². The van der Waals surface area contributed by atoms with E-state index in [-0.39, 0.29) is 5.56 Å². The van der Waals surface area contributed by atoms with Crippen molar-refractivity contribution in [1.29, 1.82) is 0 Å². The van der Waals surface area contributed by atoms with E-state index in [2.05, 4.69) is 5.32 Å². The first-order valence-corrected chi connectivity index (χ1v) is 7.33. The second-order valence-corrected chi connectivity index (χ2v) is 5.61. The average Bonchev–Trinajstić information content (AvgIpc) is 2.51. The summed E-state index contributed by atoms with van der Waals surface area (Å²) in [4.78, 5) is 12.3. The minimum atomic E-state index is -5.06. The van der Waals surface area contributed by atoms with Gasteiger partial charge in [-0.25, -0.2) is 0 Å². The van der Waals surface area contributed by atoms with E-state index in [9.17, 15) is 31.1 Å². The summed E-state index contributed by atoms with van der Waals surface area (Å²) in [7, 11) is 0. The highest BCUT2D eigenvalue weighted by Gasteiger charge is 2.44. The van der Waals surface area contributed by atoms with Crippen molar-refractivity contribution in [2.24, 2.45) is 0 Å². The van der Waals surface area contributed by atoms with Crippen LogP contribution in [0.4, 0.5) is 26.3 Å². The Kier molecular flexibility index (Phi) is 5.42. The molecule has 134 valence electrons. The van der Waals surface area contributed by atoms with E-state index in [1.165, 1.54) is 6.07 Å². The van der Waals surface area contributed by atoms with E-state index in [1.54, 1.807) is 0 Å². The highest BCUT2D eigenvalue weighted by molar-refractivity contribution is 5.82. The topological polar surface area (TPSA) is 32.3 Å². The van der Waals surface area contributed by atoms with E-state index < -0.39 is 36.4 Å². The smallest absolute Gasteiger partial charge is 0.327 e. The number of rotatable bonds is 3. The van der Waals surface area contributed by atoms with Gasteiger partial charge in [0, 0.05) is 12.6 Å². The maximum Gasteiger partial charge on any atom is 0.471 e. The Labute approximate surface area is 134 Å². The Balaban J connectivity index is 2.26. The van der Waals surface area contributed by atoms with Gasteiger partial charge in [0.25, 0.3) is 0 Å². The molecule has 0 radical (unpaired) electrons. The van der Waals surface area contributed by atoms with Crippen LogP contribution in [0, 0.1) is 0 Å². The Morgan fingerprint density at radius 1 is 1.12 bits per heavy atom. The zero-order valence-corrected chi connectivity index (χ0v) is 12.5. The van der Waals surface area contributed by atoms with Crippen molar-refractivity contribution in [3.63, 3.8) is 0 Å². The van der Waals surface area contributed by atoms with Crippen LogP contribution >= 0.6 is 0 Å². The first kappa shape index (κ1) is 18.6. The van der Waals surface area contributed by atoms with Crippen LogP contribution in [0.2, 0.25) is 0 Å². The minimum Gasteiger partial charge on any atom is -0.327 e. The second kappa shape index (κ2) is 7.00. The van der Waals surface area contributed by atoms with E-state index in [1.807, 2.05) is 0 Å². The molecular formula is C15H16F6N2O. The summed E-state index contributed by atoms with van der Waals surface area (Å²) in [5, 5.41) is 2.97. The van der Waals surface area contributed by atoms with Crippen LogP contribution < -0.4 is 5.32 Å². The zero-order chi connectivity index (χ0) is 18.0. The molecule has 1 amide bonds. The Morgan fingerprint density at radius 2 is 1.75 bits per heavy atom. The number of nitrogens with zero attached hydrogens (tertiary/aromatic N) is 1. The molecule has 1 aliphatic rings. The van der Waals surface area contributed by atoms with Gasteiger partial charge in [0.05, 0.1) is 5.56 Å². The summed E-state index contributed by atoms with van der Waals surface area (Å²) in [6.45, 7) is 0.400. The number of hydrogen-bond acceptors (Lipinski definition) is 2. The SMILES string of the molecule is O=C(N(Cc1cccc(C(F)(F)F)c1)C1CCNCC1)C(F)(F)F. The molecule has 0 aromatic heterocycles. The number of carbonyl (C=O) groups is 1. The fourth-order valence-corrected chi connectivity index (χ4v) is 2.69. The summed E-state index contributed by atoms with van der Waals surface area (Å²) in [5.74, 6) is -2.02. The summed E-state index contributed by atoms with van der Waals surface area (Å²) in [6.07, 6.45) is -9.02. The summed E-state index contributed by atoms with van der Waals surface area (Å²) in [6, 6.07) is 3.36. The number of alkyl halides is 6. The van der Waals surface area contributed by atoms with Crippen LogP contribution in [0.3, 0.4) is 0 Å². The largest absolute Gasteiger partial charge is 0.471 e. The lowest BCUT2D eigenvalue weighted by molar-refractivity contribution is -0.189. The molecule has 1 aliphatic heterocycles. The molecule has 0 saturated carbocycles. The molecule has 0 bridgehead atoms. The molecule has 1 aromatic rings. The number of halogens is 6. The predicted octanol–water partition coefficient (Wildman–Crippen LogP) is 3.35. The molecule has 1 heterocycles. The molecule has 3 nitrogen and oxygen atoms in total. The molecule has 0 aliphatic carbocycles. The van der Waals surface area contributed by atoms with Crippen LogP contribution in [0.5, 0.6) is 0 Å². The molecule has 1 aromatic carbocycles. The van der Waals surface area contributed by atoms with E-state index >= 15 is 0 Å². The van der Waals surface area contributed by atoms with Crippen LogP contribution in [0.15, 0.2) is 24.3 Å². The summed E-state index contributed by atoms with van der Waals surface area (Å²) < 4.78 is 76.7. The Morgan fingerprint density at radius 3 is 2.29 bits per heavy atom. The van der Waals surface area contributed by atoms with E-state index in [4.69, 9.17) is 0 Å². The first-order chi connectivity index (χ1) is 11.1. The molecule has 0 atom stereocenters. The standard InChI is InChI=1S/C15H16F6N2O/c16-14(17,18)11-3-1-2-10(8-11)9-23(13(24)15(19,20)21)12-4-6-22-7-5-12/h1-3,8,12,22H,4-7,9H2. The third kappa shape index (κ3) is 4.62. The Hall–Kier alpha value is -1.77.